The Labute approximate surface area is 765 Å². The minimum Gasteiger partial charge on any atom is -0.400 e. The number of aromatic nitrogens is 6. The number of nitrogens with two attached hydrogens (primary N) is 1. The van der Waals surface area contributed by atoms with Crippen molar-refractivity contribution in [2.45, 2.75) is 271 Å². The predicted octanol–water partition coefficient (Wildman–Crippen LogP) is -9.52. The second-order valence-electron chi connectivity index (χ2n) is 32.8. The SMILES string of the molecule is CCN[C@H]1[C@H](OCCOCCN2N=NC(CN(CCCC[C@@H](C(O)NCCCCCCOP(=O)(O)OC3CCO[C@@H]3O)N(Cc3cn(CCOCCO[C@@H]4O[C@H](CO)[C@H](O)[C@H](O)[C@H]4NC(C)=O)nn3)Cc3cn(CCOCCO[C@@H]4O[C@H](CO)[C@H](O)[C@H](O)[C@H]4NC(C)=O)nn3)C/C(N)=C/N(CCOCCO[C@@H]3O[C@H](CO)[C@H](O)[C@H](O)[C@H]3NC(C)=O)NC)C2C)O[C@H](CO)[C@H](O)[C@@H]1O. The second kappa shape index (κ2) is 58.9. The molecule has 132 heavy (non-hydrogen) atoms. The number of nitrogens with one attached hydrogen (secondary N) is 6. The Kier molecular flexibility index (Phi) is 49.7. The number of amides is 3. The minimum atomic E-state index is -4.51. The van der Waals surface area contributed by atoms with Gasteiger partial charge < -0.3 is 170 Å². The molecule has 0 aromatic carbocycles. The van der Waals surface area contributed by atoms with E-state index in [2.05, 4.69) is 62.8 Å². The lowest BCUT2D eigenvalue weighted by atomic mass is 9.97. The number of rotatable bonds is 65. The molecule has 23 N–H and O–H groups in total. The summed E-state index contributed by atoms with van der Waals surface area (Å²) in [7, 11) is -2.80. The highest BCUT2D eigenvalue weighted by Crippen LogP contribution is 2.46. The van der Waals surface area contributed by atoms with Crippen molar-refractivity contribution in [2.75, 3.05) is 172 Å². The van der Waals surface area contributed by atoms with Gasteiger partial charge in [0.1, 0.15) is 110 Å². The first-order chi connectivity index (χ1) is 63.4. The van der Waals surface area contributed by atoms with Crippen molar-refractivity contribution in [3.63, 3.8) is 0 Å². The van der Waals surface area contributed by atoms with Crippen LogP contribution in [0.3, 0.4) is 0 Å². The van der Waals surface area contributed by atoms with Gasteiger partial charge in [-0.05, 0) is 52.2 Å². The number of phosphoric acid groups is 1. The van der Waals surface area contributed by atoms with E-state index in [4.69, 9.17) is 81.5 Å². The van der Waals surface area contributed by atoms with Gasteiger partial charge in [0.15, 0.2) is 31.5 Å². The molecule has 0 radical (unpaired) electrons. The van der Waals surface area contributed by atoms with Crippen molar-refractivity contribution >= 4 is 25.5 Å². The number of carbonyl (C=O) groups excluding carboxylic acids is 3. The number of nitrogens with zero attached hydrogens (tertiary/aromatic N) is 12. The lowest BCUT2D eigenvalue weighted by Gasteiger charge is -2.42. The van der Waals surface area contributed by atoms with Gasteiger partial charge in [0.2, 0.25) is 17.7 Å². The molecule has 0 saturated carbocycles. The Hall–Kier alpha value is -5.74. The van der Waals surface area contributed by atoms with E-state index in [0.29, 0.717) is 94.8 Å². The van der Waals surface area contributed by atoms with Crippen LogP contribution in [-0.4, -0.2) is 475 Å². The number of phosphoric ester groups is 1. The lowest BCUT2D eigenvalue weighted by Crippen LogP contribution is -2.64. The zero-order valence-electron chi connectivity index (χ0n) is 75.8. The molecule has 6 aliphatic rings. The number of ether oxygens (including phenoxy) is 13. The number of aliphatic hydroxyl groups excluding tert-OH is 14. The van der Waals surface area contributed by atoms with Gasteiger partial charge in [-0.3, -0.25) is 43.6 Å². The van der Waals surface area contributed by atoms with Gasteiger partial charge in [-0.25, -0.2) is 19.4 Å². The van der Waals surface area contributed by atoms with Gasteiger partial charge >= 0.3 is 7.82 Å². The Morgan fingerprint density at radius 1 is 0.591 bits per heavy atom. The van der Waals surface area contributed by atoms with E-state index in [1.807, 2.05) is 23.8 Å². The molecule has 0 spiro atoms. The number of hydrogen-bond donors (Lipinski definition) is 22. The molecule has 54 heteroatoms. The van der Waals surface area contributed by atoms with Gasteiger partial charge in [0.25, 0.3) is 0 Å². The molecule has 5 unspecified atom stereocenters. The third-order valence-electron chi connectivity index (χ3n) is 22.7. The molecule has 5 saturated heterocycles. The van der Waals surface area contributed by atoms with Crippen LogP contribution in [0.1, 0.15) is 97.4 Å². The van der Waals surface area contributed by atoms with Crippen LogP contribution in [0.5, 0.6) is 0 Å². The summed E-state index contributed by atoms with van der Waals surface area (Å²) >= 11 is 0. The fourth-order valence-electron chi connectivity index (χ4n) is 15.6. The van der Waals surface area contributed by atoms with Crippen LogP contribution in [0.15, 0.2) is 34.6 Å². The predicted molar refractivity (Wildman–Crippen MR) is 454 cm³/mol. The van der Waals surface area contributed by atoms with Crippen LogP contribution in [0.25, 0.3) is 0 Å². The summed E-state index contributed by atoms with van der Waals surface area (Å²) in [4.78, 5) is 50.6. The van der Waals surface area contributed by atoms with Gasteiger partial charge in [0, 0.05) is 90.8 Å². The van der Waals surface area contributed by atoms with E-state index in [-0.39, 0.29) is 150 Å². The van der Waals surface area contributed by atoms with Gasteiger partial charge in [-0.15, -0.1) is 10.2 Å². The van der Waals surface area contributed by atoms with Crippen molar-refractivity contribution in [1.82, 2.24) is 81.8 Å². The summed E-state index contributed by atoms with van der Waals surface area (Å²) in [6.07, 6.45) is -15.5. The third-order valence-corrected chi connectivity index (χ3v) is 23.7. The largest absolute Gasteiger partial charge is 0.472 e. The fourth-order valence-corrected chi connectivity index (χ4v) is 16.6. The summed E-state index contributed by atoms with van der Waals surface area (Å²) in [6, 6.07) is -5.52. The van der Waals surface area contributed by atoms with Crippen molar-refractivity contribution in [3.8, 4) is 0 Å². The summed E-state index contributed by atoms with van der Waals surface area (Å²) in [5.41, 5.74) is 11.5. The average molecular weight is 1920 g/mol. The molecule has 5 fully saturated rings. The van der Waals surface area contributed by atoms with Gasteiger partial charge in [-0.1, -0.05) is 41.8 Å². The topological polar surface area (TPSA) is 707 Å². The van der Waals surface area contributed by atoms with E-state index in [9.17, 15) is 95.3 Å². The standard InChI is InChI=1S/C78H144N19O34P/c1-7-81-61-69(109)65(105)57(43-98)127-75(61)122-32-31-120-27-21-97-47(2)54(88-91-97)42-92(36-51(79)37-94(80-6)18-24-117-28-33-123-76-62(83-48(3)102)70(110)66(106)58(44-99)128-76)17-12-10-14-55(73(113)82-16-11-8-9-13-22-126-132(115,116)131-56-15-23-121-74(56)114)93(38-52-40-95(89-86-52)19-25-118-29-34-124-77-63(84-49(4)103)71(111)67(107)59(45-100)129-77)39-53-41-96(90-87-53)20-26-119-30-35-125-78-64(85-50(5)104)72(112)68(108)60(46-101)130-78/h37,40-41,47,54-78,80-82,98-101,105-114H,7-36,38-39,42-46,79H2,1-6H3,(H,83,102)(H,84,103)(H,85,104)(H,115,116)/b51-37-/t47?,54?,55-,56?,57+,58+,59+,60+,61+,62+,63+,64+,65-,66-,67-,68-,69+,70+,71+,72+,73?,74-,75+,76+,77+,78+/m0/s1. The molecule has 760 valence electrons. The number of hydrazine groups is 1. The number of unbranched alkanes of at least 4 members (excludes halogenated alkanes) is 4. The molecule has 0 aliphatic carbocycles. The Morgan fingerprint density at radius 3 is 1.49 bits per heavy atom. The molecular weight excluding hydrogens is 1780 g/mol. The maximum atomic E-state index is 12.7. The van der Waals surface area contributed by atoms with Crippen molar-refractivity contribution in [2.24, 2.45) is 16.1 Å². The lowest BCUT2D eigenvalue weighted by molar-refractivity contribution is -0.272. The Morgan fingerprint density at radius 2 is 1.05 bits per heavy atom. The molecule has 6 aliphatic heterocycles. The fraction of sp³-hybridized carbons (Fsp3) is 0.885. The van der Waals surface area contributed by atoms with Crippen LogP contribution in [0, 0.1) is 0 Å². The van der Waals surface area contributed by atoms with E-state index in [0.717, 1.165) is 0 Å². The Balaban J connectivity index is 0.976. The summed E-state index contributed by atoms with van der Waals surface area (Å²) in [5.74, 6) is -1.53. The van der Waals surface area contributed by atoms with Gasteiger partial charge in [-0.2, -0.15) is 5.11 Å². The smallest absolute Gasteiger partial charge is 0.400 e. The first-order valence-electron chi connectivity index (χ1n) is 44.9. The van der Waals surface area contributed by atoms with Crippen LogP contribution >= 0.6 is 7.82 Å². The average Bonchev–Trinajstić information content (AvgIpc) is 1.63. The monoisotopic (exact) mass is 1920 g/mol. The molecule has 2 aromatic rings. The van der Waals surface area contributed by atoms with Crippen LogP contribution in [-0.2, 0) is 116 Å². The molecular formula is C78H144N19O34P. The molecule has 3 amide bonds. The highest BCUT2D eigenvalue weighted by molar-refractivity contribution is 7.47. The van der Waals surface area contributed by atoms with Crippen molar-refractivity contribution in [3.05, 3.63) is 35.7 Å². The quantitative estimate of drug-likeness (QED) is 0.0127. The second-order valence-corrected chi connectivity index (χ2v) is 34.2. The van der Waals surface area contributed by atoms with E-state index in [1.54, 1.807) is 40.0 Å². The molecule has 8 rings (SSSR count). The highest BCUT2D eigenvalue weighted by Gasteiger charge is 2.50. The molecule has 8 heterocycles. The summed E-state index contributed by atoms with van der Waals surface area (Å²) < 4.78 is 101. The number of hydrogen-bond acceptors (Lipinski definition) is 47. The highest BCUT2D eigenvalue weighted by atomic mass is 31.2. The first kappa shape index (κ1) is 112. The van der Waals surface area contributed by atoms with E-state index >= 15 is 0 Å². The first-order valence-corrected chi connectivity index (χ1v) is 46.4. The number of likely N-dealkylation sites (N-methyl/N-ethyl adjacent to an activating group) is 1. The van der Waals surface area contributed by atoms with Crippen LogP contribution in [0.2, 0.25) is 0 Å². The van der Waals surface area contributed by atoms with Crippen molar-refractivity contribution < 1.29 is 166 Å². The van der Waals surface area contributed by atoms with Crippen LogP contribution < -0.4 is 37.7 Å². The Bertz CT molecular complexity index is 3590. The maximum absolute atomic E-state index is 12.7. The molecule has 27 atom stereocenters. The molecule has 0 bridgehead atoms. The maximum Gasteiger partial charge on any atom is 0.472 e. The summed E-state index contributed by atoms with van der Waals surface area (Å²) in [6.45, 7) is 8.85. The normalized spacial score (nSPS) is 30.3. The number of aliphatic hydroxyl groups is 14. The minimum absolute atomic E-state index is 0.0113. The van der Waals surface area contributed by atoms with E-state index in [1.165, 1.54) is 20.8 Å². The molecule has 2 aromatic heterocycles. The van der Waals surface area contributed by atoms with Crippen LogP contribution in [0.4, 0.5) is 0 Å². The van der Waals surface area contributed by atoms with E-state index < -0.39 is 199 Å². The molecule has 53 nitrogen and oxygen atoms in total. The summed E-state index contributed by atoms with van der Waals surface area (Å²) in [5, 5.41) is 192. The zero-order chi connectivity index (χ0) is 95.8. The van der Waals surface area contributed by atoms with Gasteiger partial charge in [0.05, 0.1) is 169 Å². The number of carbonyl (C=O) groups is 3. The zero-order valence-corrected chi connectivity index (χ0v) is 76.7. The van der Waals surface area contributed by atoms with Crippen molar-refractivity contribution in [1.29, 1.82) is 0 Å². The third kappa shape index (κ3) is 36.2.